The summed E-state index contributed by atoms with van der Waals surface area (Å²) < 4.78 is 6.84. The first-order valence-electron chi connectivity index (χ1n) is 6.61. The molecule has 0 aliphatic heterocycles. The summed E-state index contributed by atoms with van der Waals surface area (Å²) in [6, 6.07) is 2.07. The molecule has 0 N–H and O–H groups in total. The Bertz CT molecular complexity index is 426. The molecule has 0 aliphatic carbocycles. The molecular formula is C14H23N3O2. The third kappa shape index (κ3) is 4.87. The van der Waals surface area contributed by atoms with Crippen LogP contribution < -0.4 is 0 Å². The molecule has 0 aromatic carbocycles. The zero-order valence-corrected chi connectivity index (χ0v) is 12.1. The number of aromatic nitrogens is 2. The maximum Gasteiger partial charge on any atom is 0.320 e. The molecule has 0 saturated carbocycles. The standard InChI is InChI=1S/C14H23N3O2/c1-5-8-17(11-14(18)19-7-3)10-13-9-12(6-2)15-16(13)4/h5,9H,1,6-8,10-11H2,2-4H3. The first-order valence-corrected chi connectivity index (χ1v) is 6.61. The number of nitrogens with zero attached hydrogens (tertiary/aromatic N) is 3. The topological polar surface area (TPSA) is 47.4 Å². The molecule has 19 heavy (non-hydrogen) atoms. The molecule has 1 rings (SSSR count). The number of esters is 1. The molecule has 0 radical (unpaired) electrons. The van der Waals surface area contributed by atoms with Gasteiger partial charge in [-0.3, -0.25) is 14.4 Å². The first-order chi connectivity index (χ1) is 9.10. The molecule has 1 aromatic rings. The zero-order valence-electron chi connectivity index (χ0n) is 12.1. The molecule has 0 atom stereocenters. The van der Waals surface area contributed by atoms with Crippen LogP contribution in [0.1, 0.15) is 25.2 Å². The van der Waals surface area contributed by atoms with E-state index in [1.54, 1.807) is 6.08 Å². The fourth-order valence-electron chi connectivity index (χ4n) is 1.88. The molecule has 1 heterocycles. The maximum atomic E-state index is 11.5. The van der Waals surface area contributed by atoms with Gasteiger partial charge < -0.3 is 4.74 Å². The van der Waals surface area contributed by atoms with E-state index in [-0.39, 0.29) is 12.5 Å². The van der Waals surface area contributed by atoms with Gasteiger partial charge in [-0.2, -0.15) is 5.10 Å². The largest absolute Gasteiger partial charge is 0.465 e. The Morgan fingerprint density at radius 2 is 2.32 bits per heavy atom. The molecule has 0 unspecified atom stereocenters. The molecule has 0 bridgehead atoms. The SMILES string of the molecule is C=CCN(CC(=O)OCC)Cc1cc(CC)nn1C. The van der Waals surface area contributed by atoms with Crippen LogP contribution in [0, 0.1) is 0 Å². The van der Waals surface area contributed by atoms with Gasteiger partial charge in [0.25, 0.3) is 0 Å². The highest BCUT2D eigenvalue weighted by Gasteiger charge is 2.13. The smallest absolute Gasteiger partial charge is 0.320 e. The number of hydrogen-bond acceptors (Lipinski definition) is 4. The van der Waals surface area contributed by atoms with Crippen molar-refractivity contribution in [3.8, 4) is 0 Å². The van der Waals surface area contributed by atoms with Gasteiger partial charge in [-0.15, -0.1) is 6.58 Å². The van der Waals surface area contributed by atoms with Gasteiger partial charge in [0, 0.05) is 20.1 Å². The van der Waals surface area contributed by atoms with E-state index in [2.05, 4.69) is 24.7 Å². The fourth-order valence-corrected chi connectivity index (χ4v) is 1.88. The fraction of sp³-hybridized carbons (Fsp3) is 0.571. The molecule has 5 heteroatoms. The van der Waals surface area contributed by atoms with E-state index < -0.39 is 0 Å². The third-order valence-corrected chi connectivity index (χ3v) is 2.82. The minimum absolute atomic E-state index is 0.206. The minimum Gasteiger partial charge on any atom is -0.465 e. The highest BCUT2D eigenvalue weighted by atomic mass is 16.5. The van der Waals surface area contributed by atoms with Crippen LogP contribution in [0.5, 0.6) is 0 Å². The van der Waals surface area contributed by atoms with Crippen molar-refractivity contribution in [3.05, 3.63) is 30.1 Å². The lowest BCUT2D eigenvalue weighted by Crippen LogP contribution is -2.31. The average Bonchev–Trinajstić information content (AvgIpc) is 2.71. The van der Waals surface area contributed by atoms with Crippen LogP contribution in [0.3, 0.4) is 0 Å². The van der Waals surface area contributed by atoms with Crippen molar-refractivity contribution in [2.45, 2.75) is 26.8 Å². The van der Waals surface area contributed by atoms with E-state index in [4.69, 9.17) is 4.74 Å². The molecule has 0 fully saturated rings. The summed E-state index contributed by atoms with van der Waals surface area (Å²) in [5.74, 6) is -0.206. The molecule has 0 saturated heterocycles. The van der Waals surface area contributed by atoms with Crippen LogP contribution >= 0.6 is 0 Å². The van der Waals surface area contributed by atoms with Crippen molar-refractivity contribution >= 4 is 5.97 Å². The number of carbonyl (C=O) groups excluding carboxylic acids is 1. The minimum atomic E-state index is -0.206. The van der Waals surface area contributed by atoms with Gasteiger partial charge in [-0.25, -0.2) is 0 Å². The normalized spacial score (nSPS) is 10.7. The second kappa shape index (κ2) is 7.74. The lowest BCUT2D eigenvalue weighted by molar-refractivity contribution is -0.144. The maximum absolute atomic E-state index is 11.5. The number of rotatable bonds is 8. The van der Waals surface area contributed by atoms with Crippen molar-refractivity contribution in [2.75, 3.05) is 19.7 Å². The molecule has 5 nitrogen and oxygen atoms in total. The Kier molecular flexibility index (Phi) is 6.29. The molecule has 106 valence electrons. The summed E-state index contributed by atoms with van der Waals surface area (Å²) in [5.41, 5.74) is 2.15. The monoisotopic (exact) mass is 265 g/mol. The molecule has 0 amide bonds. The van der Waals surface area contributed by atoms with E-state index in [9.17, 15) is 4.79 Å². The van der Waals surface area contributed by atoms with E-state index in [1.807, 2.05) is 23.6 Å². The molecule has 1 aromatic heterocycles. The van der Waals surface area contributed by atoms with Crippen LogP contribution in [0.25, 0.3) is 0 Å². The Balaban J connectivity index is 2.68. The second-order valence-electron chi connectivity index (χ2n) is 4.37. The number of hydrogen-bond donors (Lipinski definition) is 0. The van der Waals surface area contributed by atoms with Gasteiger partial charge in [-0.1, -0.05) is 13.0 Å². The van der Waals surface area contributed by atoms with Crippen LogP contribution in [-0.2, 0) is 29.5 Å². The predicted octanol–water partition coefficient (Wildman–Crippen LogP) is 1.53. The molecule has 0 aliphatic rings. The summed E-state index contributed by atoms with van der Waals surface area (Å²) in [6.07, 6.45) is 2.70. The summed E-state index contributed by atoms with van der Waals surface area (Å²) in [7, 11) is 1.92. The van der Waals surface area contributed by atoms with E-state index in [0.717, 1.165) is 17.8 Å². The van der Waals surface area contributed by atoms with Gasteiger partial charge in [0.1, 0.15) is 0 Å². The van der Waals surface area contributed by atoms with Gasteiger partial charge >= 0.3 is 5.97 Å². The Labute approximate surface area is 114 Å². The van der Waals surface area contributed by atoms with E-state index in [0.29, 0.717) is 19.7 Å². The summed E-state index contributed by atoms with van der Waals surface area (Å²) in [6.45, 7) is 9.59. The van der Waals surface area contributed by atoms with Crippen molar-refractivity contribution in [1.29, 1.82) is 0 Å². The number of aryl methyl sites for hydroxylation is 2. The Hall–Kier alpha value is -1.62. The number of ether oxygens (including phenoxy) is 1. The number of carbonyl (C=O) groups is 1. The van der Waals surface area contributed by atoms with E-state index >= 15 is 0 Å². The lowest BCUT2D eigenvalue weighted by Gasteiger charge is -2.19. The lowest BCUT2D eigenvalue weighted by atomic mass is 10.3. The van der Waals surface area contributed by atoms with Gasteiger partial charge in [0.15, 0.2) is 0 Å². The second-order valence-corrected chi connectivity index (χ2v) is 4.37. The van der Waals surface area contributed by atoms with Crippen LogP contribution in [0.2, 0.25) is 0 Å². The van der Waals surface area contributed by atoms with Crippen molar-refractivity contribution in [3.63, 3.8) is 0 Å². The van der Waals surface area contributed by atoms with Gasteiger partial charge in [-0.05, 0) is 19.4 Å². The van der Waals surface area contributed by atoms with Crippen LogP contribution in [0.4, 0.5) is 0 Å². The van der Waals surface area contributed by atoms with Crippen molar-refractivity contribution < 1.29 is 9.53 Å². The predicted molar refractivity (Wildman–Crippen MR) is 74.7 cm³/mol. The third-order valence-electron chi connectivity index (χ3n) is 2.82. The van der Waals surface area contributed by atoms with Crippen LogP contribution in [0.15, 0.2) is 18.7 Å². The Morgan fingerprint density at radius 1 is 1.58 bits per heavy atom. The Morgan fingerprint density at radius 3 is 2.84 bits per heavy atom. The summed E-state index contributed by atoms with van der Waals surface area (Å²) in [4.78, 5) is 13.5. The van der Waals surface area contributed by atoms with Gasteiger partial charge in [0.05, 0.1) is 24.5 Å². The molecular weight excluding hydrogens is 242 g/mol. The summed E-state index contributed by atoms with van der Waals surface area (Å²) >= 11 is 0. The van der Waals surface area contributed by atoms with Crippen LogP contribution in [-0.4, -0.2) is 40.3 Å². The molecule has 0 spiro atoms. The zero-order chi connectivity index (χ0) is 14.3. The van der Waals surface area contributed by atoms with Gasteiger partial charge in [0.2, 0.25) is 0 Å². The van der Waals surface area contributed by atoms with Crippen molar-refractivity contribution in [2.24, 2.45) is 7.05 Å². The average molecular weight is 265 g/mol. The quantitative estimate of drug-likeness (QED) is 0.528. The van der Waals surface area contributed by atoms with E-state index in [1.165, 1.54) is 0 Å². The highest BCUT2D eigenvalue weighted by Crippen LogP contribution is 2.08. The van der Waals surface area contributed by atoms with Crippen molar-refractivity contribution in [1.82, 2.24) is 14.7 Å². The first kappa shape index (κ1) is 15.4. The highest BCUT2D eigenvalue weighted by molar-refractivity contribution is 5.71. The summed E-state index contributed by atoms with van der Waals surface area (Å²) in [5, 5.41) is 4.41.